The molecule has 1 aromatic carbocycles. The summed E-state index contributed by atoms with van der Waals surface area (Å²) in [7, 11) is 0. The lowest BCUT2D eigenvalue weighted by atomic mass is 10.1. The number of rotatable bonds is 3. The molecule has 2 aliphatic rings. The van der Waals surface area contributed by atoms with E-state index in [0.717, 1.165) is 15.7 Å². The fourth-order valence-electron chi connectivity index (χ4n) is 3.24. The van der Waals surface area contributed by atoms with Gasteiger partial charge in [0.05, 0.1) is 22.8 Å². The summed E-state index contributed by atoms with van der Waals surface area (Å²) in [6.45, 7) is 3.13. The molecule has 1 aliphatic heterocycles. The number of aromatic amines is 1. The van der Waals surface area contributed by atoms with Crippen molar-refractivity contribution in [2.24, 2.45) is 0 Å². The van der Waals surface area contributed by atoms with E-state index >= 15 is 0 Å². The van der Waals surface area contributed by atoms with Crippen molar-refractivity contribution in [1.29, 1.82) is 0 Å². The molecule has 126 valence electrons. The Morgan fingerprint density at radius 2 is 2.04 bits per heavy atom. The predicted molar refractivity (Wildman–Crippen MR) is 93.9 cm³/mol. The Hall–Kier alpha value is -1.66. The predicted octanol–water partition coefficient (Wildman–Crippen LogP) is 3.65. The molecule has 0 radical (unpaired) electrons. The Morgan fingerprint density at radius 1 is 1.29 bits per heavy atom. The number of nitrogens with zero attached hydrogens (tertiary/aromatic N) is 2. The highest BCUT2D eigenvalue weighted by atomic mass is 79.9. The molecule has 1 saturated carbocycles. The summed E-state index contributed by atoms with van der Waals surface area (Å²) in [5.74, 6) is 0.482. The van der Waals surface area contributed by atoms with Crippen LogP contribution in [0.25, 0.3) is 0 Å². The minimum Gasteiger partial charge on any atom is -0.367 e. The standard InChI is InChI=1S/C18H20BrN3O2/c1-11-9-22(10-14(24-11)12-5-3-2-4-6-12)18(23)17-15(19)16(20-21-17)13-7-8-13/h2-6,11,13-14H,7-10H2,1H3,(H,20,21). The van der Waals surface area contributed by atoms with Crippen molar-refractivity contribution in [2.45, 2.75) is 37.9 Å². The van der Waals surface area contributed by atoms with Gasteiger partial charge >= 0.3 is 0 Å². The van der Waals surface area contributed by atoms with Gasteiger partial charge in [-0.2, -0.15) is 5.10 Å². The van der Waals surface area contributed by atoms with E-state index in [1.807, 2.05) is 42.2 Å². The summed E-state index contributed by atoms with van der Waals surface area (Å²) in [5, 5.41) is 7.31. The van der Waals surface area contributed by atoms with E-state index in [4.69, 9.17) is 4.74 Å². The average Bonchev–Trinajstić information content (AvgIpc) is 3.37. The van der Waals surface area contributed by atoms with Gasteiger partial charge in [-0.3, -0.25) is 9.89 Å². The largest absolute Gasteiger partial charge is 0.367 e. The number of amides is 1. The van der Waals surface area contributed by atoms with E-state index in [1.165, 1.54) is 12.8 Å². The van der Waals surface area contributed by atoms with Crippen LogP contribution in [-0.2, 0) is 4.74 Å². The van der Waals surface area contributed by atoms with E-state index in [1.54, 1.807) is 0 Å². The van der Waals surface area contributed by atoms with Crippen LogP contribution in [0.4, 0.5) is 0 Å². The van der Waals surface area contributed by atoms with Crippen LogP contribution in [0.5, 0.6) is 0 Å². The number of benzene rings is 1. The van der Waals surface area contributed by atoms with Crippen molar-refractivity contribution < 1.29 is 9.53 Å². The van der Waals surface area contributed by atoms with Crippen molar-refractivity contribution in [3.8, 4) is 0 Å². The van der Waals surface area contributed by atoms with Crippen LogP contribution in [-0.4, -0.2) is 40.2 Å². The molecular weight excluding hydrogens is 370 g/mol. The number of carbonyl (C=O) groups excluding carboxylic acids is 1. The fraction of sp³-hybridized carbons (Fsp3) is 0.444. The summed E-state index contributed by atoms with van der Waals surface area (Å²) in [6.07, 6.45) is 2.23. The molecule has 1 amide bonds. The molecule has 2 heterocycles. The molecule has 24 heavy (non-hydrogen) atoms. The third kappa shape index (κ3) is 3.00. The number of H-pyrrole nitrogens is 1. The van der Waals surface area contributed by atoms with Crippen molar-refractivity contribution in [2.75, 3.05) is 13.1 Å². The Bertz CT molecular complexity index is 742. The van der Waals surface area contributed by atoms with Gasteiger partial charge in [-0.05, 0) is 41.3 Å². The molecule has 6 heteroatoms. The number of nitrogens with one attached hydrogen (secondary N) is 1. The van der Waals surface area contributed by atoms with Crippen LogP contribution >= 0.6 is 15.9 Å². The number of hydrogen-bond acceptors (Lipinski definition) is 3. The second-order valence-electron chi connectivity index (χ2n) is 6.63. The molecule has 4 rings (SSSR count). The first-order valence-electron chi connectivity index (χ1n) is 8.37. The maximum Gasteiger partial charge on any atom is 0.275 e. The van der Waals surface area contributed by atoms with Gasteiger partial charge in [-0.1, -0.05) is 30.3 Å². The molecule has 2 aromatic rings. The highest BCUT2D eigenvalue weighted by Crippen LogP contribution is 2.43. The monoisotopic (exact) mass is 389 g/mol. The number of carbonyl (C=O) groups is 1. The summed E-state index contributed by atoms with van der Waals surface area (Å²) in [5.41, 5.74) is 2.64. The highest BCUT2D eigenvalue weighted by molar-refractivity contribution is 9.10. The molecule has 2 unspecified atom stereocenters. The third-order valence-electron chi connectivity index (χ3n) is 4.64. The smallest absolute Gasteiger partial charge is 0.275 e. The van der Waals surface area contributed by atoms with Gasteiger partial charge in [-0.15, -0.1) is 0 Å². The molecular formula is C18H20BrN3O2. The topological polar surface area (TPSA) is 58.2 Å². The summed E-state index contributed by atoms with van der Waals surface area (Å²) >= 11 is 3.56. The summed E-state index contributed by atoms with van der Waals surface area (Å²) in [6, 6.07) is 10.1. The van der Waals surface area contributed by atoms with Gasteiger partial charge in [0.25, 0.3) is 5.91 Å². The lowest BCUT2D eigenvalue weighted by Crippen LogP contribution is -2.46. The van der Waals surface area contributed by atoms with E-state index in [0.29, 0.717) is 24.7 Å². The first kappa shape index (κ1) is 15.8. The number of aromatic nitrogens is 2. The summed E-state index contributed by atoms with van der Waals surface area (Å²) < 4.78 is 6.86. The zero-order chi connectivity index (χ0) is 16.7. The van der Waals surface area contributed by atoms with Gasteiger partial charge in [0, 0.05) is 12.5 Å². The van der Waals surface area contributed by atoms with Crippen molar-refractivity contribution in [3.63, 3.8) is 0 Å². The number of ether oxygens (including phenoxy) is 1. The van der Waals surface area contributed by atoms with Crippen LogP contribution in [0.1, 0.15) is 53.5 Å². The Morgan fingerprint density at radius 3 is 2.75 bits per heavy atom. The molecule has 5 nitrogen and oxygen atoms in total. The van der Waals surface area contributed by atoms with Crippen LogP contribution in [0.2, 0.25) is 0 Å². The minimum atomic E-state index is -0.0977. The SMILES string of the molecule is CC1CN(C(=O)c2n[nH]c(C3CC3)c2Br)CC(c2ccccc2)O1. The number of halogens is 1. The average molecular weight is 390 g/mol. The molecule has 2 fully saturated rings. The minimum absolute atomic E-state index is 0.00599. The van der Waals surface area contributed by atoms with Crippen LogP contribution in [0.3, 0.4) is 0 Å². The molecule has 1 N–H and O–H groups in total. The van der Waals surface area contributed by atoms with E-state index in [9.17, 15) is 4.79 Å². The van der Waals surface area contributed by atoms with E-state index in [-0.39, 0.29) is 18.1 Å². The first-order valence-corrected chi connectivity index (χ1v) is 9.16. The van der Waals surface area contributed by atoms with Gasteiger partial charge < -0.3 is 9.64 Å². The van der Waals surface area contributed by atoms with Gasteiger partial charge in [0.2, 0.25) is 0 Å². The second-order valence-corrected chi connectivity index (χ2v) is 7.42. The summed E-state index contributed by atoms with van der Waals surface area (Å²) in [4.78, 5) is 14.8. The Labute approximate surface area is 149 Å². The van der Waals surface area contributed by atoms with Crippen molar-refractivity contribution in [3.05, 3.63) is 51.8 Å². The third-order valence-corrected chi connectivity index (χ3v) is 5.44. The van der Waals surface area contributed by atoms with Crippen LogP contribution in [0.15, 0.2) is 34.8 Å². The van der Waals surface area contributed by atoms with Gasteiger partial charge in [0.15, 0.2) is 5.69 Å². The normalized spacial score (nSPS) is 24.2. The maximum absolute atomic E-state index is 13.0. The maximum atomic E-state index is 13.0. The second kappa shape index (κ2) is 6.33. The molecule has 1 aliphatic carbocycles. The first-order chi connectivity index (χ1) is 11.6. The number of morpholine rings is 1. The van der Waals surface area contributed by atoms with Gasteiger partial charge in [-0.25, -0.2) is 0 Å². The number of hydrogen-bond donors (Lipinski definition) is 1. The van der Waals surface area contributed by atoms with E-state index in [2.05, 4.69) is 26.1 Å². The van der Waals surface area contributed by atoms with E-state index < -0.39 is 0 Å². The Kier molecular flexibility index (Phi) is 4.18. The van der Waals surface area contributed by atoms with Crippen molar-refractivity contribution >= 4 is 21.8 Å². The highest BCUT2D eigenvalue weighted by Gasteiger charge is 2.34. The molecule has 0 spiro atoms. The van der Waals surface area contributed by atoms with Crippen molar-refractivity contribution in [1.82, 2.24) is 15.1 Å². The molecule has 1 saturated heterocycles. The molecule has 2 atom stereocenters. The zero-order valence-corrected chi connectivity index (χ0v) is 15.1. The lowest BCUT2D eigenvalue weighted by molar-refractivity contribution is -0.0693. The lowest BCUT2D eigenvalue weighted by Gasteiger charge is -2.36. The molecule has 1 aromatic heterocycles. The van der Waals surface area contributed by atoms with Crippen LogP contribution in [0, 0.1) is 0 Å². The quantitative estimate of drug-likeness (QED) is 0.871. The fourth-order valence-corrected chi connectivity index (χ4v) is 3.92. The van der Waals surface area contributed by atoms with Gasteiger partial charge in [0.1, 0.15) is 6.10 Å². The van der Waals surface area contributed by atoms with Crippen LogP contribution < -0.4 is 0 Å². The molecule has 0 bridgehead atoms. The Balaban J connectivity index is 1.55. The zero-order valence-electron chi connectivity index (χ0n) is 13.5.